The molecule has 6 heteroatoms. The predicted octanol–water partition coefficient (Wildman–Crippen LogP) is 3.17. The van der Waals surface area contributed by atoms with Gasteiger partial charge in [-0.2, -0.15) is 8.42 Å². The molecule has 0 N–H and O–H groups in total. The van der Waals surface area contributed by atoms with Crippen LogP contribution in [0, 0.1) is 20.8 Å². The number of carbonyl (C=O) groups is 1. The van der Waals surface area contributed by atoms with Crippen molar-refractivity contribution in [2.75, 3.05) is 7.11 Å². The molecule has 0 saturated heterocycles. The predicted molar refractivity (Wildman–Crippen MR) is 86.2 cm³/mol. The molecular weight excluding hydrogens is 316 g/mol. The van der Waals surface area contributed by atoms with Crippen LogP contribution in [-0.4, -0.2) is 21.5 Å². The van der Waals surface area contributed by atoms with Crippen LogP contribution < -0.4 is 4.18 Å². The van der Waals surface area contributed by atoms with E-state index < -0.39 is 16.1 Å². The summed E-state index contributed by atoms with van der Waals surface area (Å²) in [5.74, 6) is -0.320. The molecule has 0 aliphatic rings. The summed E-state index contributed by atoms with van der Waals surface area (Å²) < 4.78 is 35.1. The van der Waals surface area contributed by atoms with E-state index in [4.69, 9.17) is 4.18 Å². The van der Waals surface area contributed by atoms with Crippen molar-refractivity contribution in [2.45, 2.75) is 25.7 Å². The molecule has 2 aromatic carbocycles. The first-order valence-corrected chi connectivity index (χ1v) is 8.37. The van der Waals surface area contributed by atoms with Crippen LogP contribution in [0.5, 0.6) is 5.75 Å². The molecule has 0 atom stereocenters. The van der Waals surface area contributed by atoms with Gasteiger partial charge in [0, 0.05) is 0 Å². The van der Waals surface area contributed by atoms with Gasteiger partial charge in [-0.3, -0.25) is 0 Å². The molecule has 23 heavy (non-hydrogen) atoms. The number of rotatable bonds is 4. The minimum atomic E-state index is -4.06. The van der Waals surface area contributed by atoms with Gasteiger partial charge < -0.3 is 8.92 Å². The Balaban J connectivity index is 2.49. The molecule has 0 saturated carbocycles. The van der Waals surface area contributed by atoms with Gasteiger partial charge in [-0.15, -0.1) is 0 Å². The number of carbonyl (C=O) groups excluding carboxylic acids is 1. The number of aryl methyl sites for hydroxylation is 1. The molecule has 0 spiro atoms. The standard InChI is InChI=1S/C17H18O5S/c1-11-7-5-9-15(12(11)2)22-23(19,20)16-10-6-8-14(13(16)3)17(18)21-4/h5-10H,1-4H3. The van der Waals surface area contributed by atoms with Crippen LogP contribution in [0.1, 0.15) is 27.0 Å². The Kier molecular flexibility index (Phi) is 4.75. The zero-order valence-corrected chi connectivity index (χ0v) is 14.2. The Hall–Kier alpha value is -2.34. The summed E-state index contributed by atoms with van der Waals surface area (Å²) in [4.78, 5) is 11.7. The van der Waals surface area contributed by atoms with Crippen molar-refractivity contribution in [1.29, 1.82) is 0 Å². The molecule has 5 nitrogen and oxygen atoms in total. The summed E-state index contributed by atoms with van der Waals surface area (Å²) in [6.07, 6.45) is 0. The summed E-state index contributed by atoms with van der Waals surface area (Å²) in [6, 6.07) is 9.60. The number of ether oxygens (including phenoxy) is 1. The highest BCUT2D eigenvalue weighted by atomic mass is 32.2. The van der Waals surface area contributed by atoms with Crippen LogP contribution in [-0.2, 0) is 14.9 Å². The monoisotopic (exact) mass is 334 g/mol. The second kappa shape index (κ2) is 6.42. The molecule has 122 valence electrons. The largest absolute Gasteiger partial charge is 0.465 e. The van der Waals surface area contributed by atoms with Crippen LogP contribution in [0.4, 0.5) is 0 Å². The van der Waals surface area contributed by atoms with Crippen molar-refractivity contribution >= 4 is 16.1 Å². The summed E-state index contributed by atoms with van der Waals surface area (Å²) in [5, 5.41) is 0. The van der Waals surface area contributed by atoms with E-state index in [1.807, 2.05) is 13.0 Å². The quantitative estimate of drug-likeness (QED) is 0.634. The lowest BCUT2D eigenvalue weighted by Crippen LogP contribution is -2.14. The maximum Gasteiger partial charge on any atom is 0.339 e. The molecule has 2 rings (SSSR count). The first-order chi connectivity index (χ1) is 10.8. The van der Waals surface area contributed by atoms with Crippen LogP contribution >= 0.6 is 0 Å². The van der Waals surface area contributed by atoms with Crippen molar-refractivity contribution < 1.29 is 22.1 Å². The average Bonchev–Trinajstić information content (AvgIpc) is 2.51. The van der Waals surface area contributed by atoms with Crippen molar-refractivity contribution in [3.8, 4) is 5.75 Å². The van der Waals surface area contributed by atoms with Crippen LogP contribution in [0.25, 0.3) is 0 Å². The smallest absolute Gasteiger partial charge is 0.339 e. The van der Waals surface area contributed by atoms with Gasteiger partial charge in [-0.05, 0) is 55.7 Å². The van der Waals surface area contributed by atoms with E-state index in [1.165, 1.54) is 25.3 Å². The zero-order valence-electron chi connectivity index (χ0n) is 13.4. The Morgan fingerprint density at radius 1 is 0.957 bits per heavy atom. The van der Waals surface area contributed by atoms with E-state index in [9.17, 15) is 13.2 Å². The van der Waals surface area contributed by atoms with Crippen LogP contribution in [0.3, 0.4) is 0 Å². The van der Waals surface area contributed by atoms with Gasteiger partial charge in [0.05, 0.1) is 12.7 Å². The number of benzene rings is 2. The lowest BCUT2D eigenvalue weighted by molar-refractivity contribution is 0.0599. The van der Waals surface area contributed by atoms with Crippen molar-refractivity contribution in [3.63, 3.8) is 0 Å². The SMILES string of the molecule is COC(=O)c1cccc(S(=O)(=O)Oc2cccc(C)c2C)c1C. The van der Waals surface area contributed by atoms with E-state index >= 15 is 0 Å². The molecule has 0 radical (unpaired) electrons. The zero-order chi connectivity index (χ0) is 17.2. The molecular formula is C17H18O5S. The molecule has 0 heterocycles. The van der Waals surface area contributed by atoms with Gasteiger partial charge >= 0.3 is 16.1 Å². The molecule has 0 amide bonds. The summed E-state index contributed by atoms with van der Waals surface area (Å²) in [7, 11) is -2.81. The van der Waals surface area contributed by atoms with Gasteiger partial charge in [0.2, 0.25) is 0 Å². The average molecular weight is 334 g/mol. The summed E-state index contributed by atoms with van der Waals surface area (Å²) in [6.45, 7) is 5.21. The lowest BCUT2D eigenvalue weighted by Gasteiger charge is -2.13. The van der Waals surface area contributed by atoms with E-state index in [0.717, 1.165) is 11.1 Å². The van der Waals surface area contributed by atoms with Gasteiger partial charge in [0.1, 0.15) is 10.6 Å². The summed E-state index contributed by atoms with van der Waals surface area (Å²) >= 11 is 0. The Morgan fingerprint density at radius 3 is 2.26 bits per heavy atom. The van der Waals surface area contributed by atoms with Gasteiger partial charge in [0.15, 0.2) is 0 Å². The van der Waals surface area contributed by atoms with Crippen molar-refractivity contribution in [2.24, 2.45) is 0 Å². The summed E-state index contributed by atoms with van der Waals surface area (Å²) in [5.41, 5.74) is 2.17. The first-order valence-electron chi connectivity index (χ1n) is 6.96. The third kappa shape index (κ3) is 3.37. The van der Waals surface area contributed by atoms with Gasteiger partial charge in [0.25, 0.3) is 0 Å². The molecule has 2 aromatic rings. The lowest BCUT2D eigenvalue weighted by atomic mass is 10.1. The van der Waals surface area contributed by atoms with Gasteiger partial charge in [-0.25, -0.2) is 4.79 Å². The maximum absolute atomic E-state index is 12.6. The van der Waals surface area contributed by atoms with Crippen molar-refractivity contribution in [3.05, 3.63) is 58.7 Å². The second-order valence-electron chi connectivity index (χ2n) is 5.16. The second-order valence-corrected chi connectivity index (χ2v) is 6.67. The highest BCUT2D eigenvalue weighted by molar-refractivity contribution is 7.87. The Bertz CT molecular complexity index is 853. The van der Waals surface area contributed by atoms with E-state index in [1.54, 1.807) is 26.0 Å². The minimum absolute atomic E-state index is 0.0543. The Morgan fingerprint density at radius 2 is 1.61 bits per heavy atom. The maximum atomic E-state index is 12.6. The fourth-order valence-corrected chi connectivity index (χ4v) is 3.43. The highest BCUT2D eigenvalue weighted by Crippen LogP contribution is 2.27. The fourth-order valence-electron chi connectivity index (χ4n) is 2.19. The number of esters is 1. The minimum Gasteiger partial charge on any atom is -0.465 e. The fraction of sp³-hybridized carbons (Fsp3) is 0.235. The number of methoxy groups -OCH3 is 1. The van der Waals surface area contributed by atoms with E-state index in [-0.39, 0.29) is 16.2 Å². The van der Waals surface area contributed by atoms with Gasteiger partial charge in [-0.1, -0.05) is 18.2 Å². The molecule has 0 aromatic heterocycles. The first kappa shape index (κ1) is 17.0. The van der Waals surface area contributed by atoms with E-state index in [0.29, 0.717) is 5.56 Å². The molecule has 0 fully saturated rings. The number of hydrogen-bond donors (Lipinski definition) is 0. The third-order valence-corrected chi connectivity index (χ3v) is 5.09. The normalized spacial score (nSPS) is 11.1. The molecule has 0 unspecified atom stereocenters. The molecule has 0 aliphatic heterocycles. The van der Waals surface area contributed by atoms with Crippen LogP contribution in [0.15, 0.2) is 41.3 Å². The van der Waals surface area contributed by atoms with Crippen molar-refractivity contribution in [1.82, 2.24) is 0 Å². The van der Waals surface area contributed by atoms with Crippen LogP contribution in [0.2, 0.25) is 0 Å². The molecule has 0 bridgehead atoms. The topological polar surface area (TPSA) is 69.7 Å². The molecule has 0 aliphatic carbocycles. The Labute approximate surface area is 136 Å². The highest BCUT2D eigenvalue weighted by Gasteiger charge is 2.23. The van der Waals surface area contributed by atoms with E-state index in [2.05, 4.69) is 4.74 Å². The third-order valence-electron chi connectivity index (χ3n) is 3.71. The number of hydrogen-bond acceptors (Lipinski definition) is 5.